The second-order valence-corrected chi connectivity index (χ2v) is 15.9. The zero-order valence-corrected chi connectivity index (χ0v) is 36.2. The largest absolute Gasteiger partial charge is 0.480 e. The van der Waals surface area contributed by atoms with Crippen LogP contribution in [0.2, 0.25) is 0 Å². The van der Waals surface area contributed by atoms with E-state index in [4.69, 9.17) is 35.0 Å². The number of aromatic nitrogens is 4. The molecule has 3 aromatic rings. The number of H-pyrrole nitrogens is 2. The highest BCUT2D eigenvalue weighted by Gasteiger charge is 2.53. The number of carboxylic acid groups (broad SMARTS) is 1. The molecule has 3 aromatic heterocycles. The number of nitrogens with one attached hydrogen (secondary N) is 3. The number of allylic oxidation sites excluding steroid dienone is 6. The summed E-state index contributed by atoms with van der Waals surface area (Å²) in [4.78, 5) is 81.2. The molecule has 8 bridgehead atoms. The number of aryl methyl sites for hydroxylation is 4. The van der Waals surface area contributed by atoms with Gasteiger partial charge in [0.05, 0.1) is 55.1 Å². The molecule has 0 fully saturated rings. The molecule has 6 N–H and O–H groups in total. The summed E-state index contributed by atoms with van der Waals surface area (Å²) in [6.07, 6.45) is 7.65. The Kier molecular flexibility index (Phi) is 13.5. The highest BCUT2D eigenvalue weighted by atomic mass is 16.5. The van der Waals surface area contributed by atoms with E-state index < -0.39 is 35.3 Å². The van der Waals surface area contributed by atoms with Gasteiger partial charge in [-0.15, -0.1) is 0 Å². The van der Waals surface area contributed by atoms with Gasteiger partial charge in [0.2, 0.25) is 5.91 Å². The molecule has 0 spiro atoms. The number of carbonyl (C=O) groups excluding carboxylic acids is 4. The van der Waals surface area contributed by atoms with Gasteiger partial charge in [-0.05, 0) is 117 Å². The minimum absolute atomic E-state index is 0.109. The summed E-state index contributed by atoms with van der Waals surface area (Å²) in [6.45, 7) is 12.3. The number of rotatable bonds is 15. The molecule has 6 rings (SSSR count). The number of methoxy groups -OCH3 is 3. The fourth-order valence-corrected chi connectivity index (χ4v) is 8.62. The highest BCUT2D eigenvalue weighted by molar-refractivity contribution is 6.02. The lowest BCUT2D eigenvalue weighted by Crippen LogP contribution is -2.42. The molecule has 0 saturated heterocycles. The first-order chi connectivity index (χ1) is 29.6. The normalized spacial score (nSPS) is 17.3. The van der Waals surface area contributed by atoms with Crippen LogP contribution in [0, 0.1) is 19.8 Å². The number of ether oxygens (including phenoxy) is 3. The van der Waals surface area contributed by atoms with Crippen LogP contribution in [0.15, 0.2) is 54.6 Å². The van der Waals surface area contributed by atoms with Crippen molar-refractivity contribution in [3.05, 3.63) is 99.7 Å². The molecule has 62 heavy (non-hydrogen) atoms. The third-order valence-corrected chi connectivity index (χ3v) is 12.3. The Morgan fingerprint density at radius 2 is 1.52 bits per heavy atom. The average Bonchev–Trinajstić information content (AvgIpc) is 3.91. The molecule has 3 aliphatic rings. The third kappa shape index (κ3) is 8.62. The summed E-state index contributed by atoms with van der Waals surface area (Å²) in [5.74, 6) is -3.98. The number of aromatic amines is 2. The number of esters is 3. The molecule has 0 aromatic carbocycles. The Balaban J connectivity index is 1.58. The number of nitrogens with zero attached hydrogens (tertiary/aromatic N) is 2. The number of amides is 1. The van der Waals surface area contributed by atoms with Crippen LogP contribution in [0.3, 0.4) is 0 Å². The smallest absolute Gasteiger partial charge is 0.334 e. The number of hydrogen-bond donors (Lipinski definition) is 5. The Morgan fingerprint density at radius 3 is 2.13 bits per heavy atom. The van der Waals surface area contributed by atoms with Crippen molar-refractivity contribution in [1.82, 2.24) is 25.3 Å². The van der Waals surface area contributed by atoms with Crippen molar-refractivity contribution in [2.75, 3.05) is 27.9 Å². The molecule has 326 valence electrons. The molecule has 0 unspecified atom stereocenters. The Hall–Kier alpha value is -6.61. The van der Waals surface area contributed by atoms with Gasteiger partial charge in [-0.2, -0.15) is 0 Å². The minimum Gasteiger partial charge on any atom is -0.480 e. The quantitative estimate of drug-likeness (QED) is 0.0671. The van der Waals surface area contributed by atoms with Gasteiger partial charge in [0.15, 0.2) is 0 Å². The van der Waals surface area contributed by atoms with Crippen molar-refractivity contribution in [1.29, 1.82) is 0 Å². The number of fused-ring (bicyclic) bond motifs is 11. The summed E-state index contributed by atoms with van der Waals surface area (Å²) in [5, 5.41) is 12.0. The molecule has 3 atom stereocenters. The molecular formula is C47H54N6O9. The first-order valence-corrected chi connectivity index (χ1v) is 20.6. The van der Waals surface area contributed by atoms with Gasteiger partial charge >= 0.3 is 23.9 Å². The van der Waals surface area contributed by atoms with E-state index in [-0.39, 0.29) is 30.3 Å². The monoisotopic (exact) mass is 846 g/mol. The maximum absolute atomic E-state index is 13.8. The van der Waals surface area contributed by atoms with Gasteiger partial charge in [0, 0.05) is 47.0 Å². The predicted octanol–water partition coefficient (Wildman–Crippen LogP) is 6.03. The lowest BCUT2D eigenvalue weighted by atomic mass is 9.64. The van der Waals surface area contributed by atoms with Crippen LogP contribution >= 0.6 is 0 Å². The van der Waals surface area contributed by atoms with E-state index in [1.54, 1.807) is 18.2 Å². The Bertz CT molecular complexity index is 2630. The van der Waals surface area contributed by atoms with Crippen LogP contribution in [0.25, 0.3) is 38.8 Å². The van der Waals surface area contributed by atoms with Gasteiger partial charge < -0.3 is 40.3 Å². The van der Waals surface area contributed by atoms with Gasteiger partial charge in [-0.1, -0.05) is 24.8 Å². The van der Waals surface area contributed by atoms with Crippen LogP contribution in [0.1, 0.15) is 91.0 Å². The zero-order chi connectivity index (χ0) is 45.0. The van der Waals surface area contributed by atoms with Gasteiger partial charge in [0.1, 0.15) is 12.0 Å². The summed E-state index contributed by atoms with van der Waals surface area (Å²) < 4.78 is 15.5. The van der Waals surface area contributed by atoms with Crippen molar-refractivity contribution in [2.24, 2.45) is 11.7 Å². The second-order valence-electron chi connectivity index (χ2n) is 15.9. The lowest BCUT2D eigenvalue weighted by Gasteiger charge is -2.36. The first kappa shape index (κ1) is 44.9. The van der Waals surface area contributed by atoms with E-state index >= 15 is 0 Å². The number of carboxylic acids is 1. The first-order valence-electron chi connectivity index (χ1n) is 20.6. The second kappa shape index (κ2) is 18.6. The third-order valence-electron chi connectivity index (χ3n) is 12.3. The number of nitrogens with two attached hydrogens (primary N) is 1. The molecule has 15 nitrogen and oxygen atoms in total. The highest BCUT2D eigenvalue weighted by Crippen LogP contribution is 2.52. The van der Waals surface area contributed by atoms with Gasteiger partial charge in [-0.25, -0.2) is 9.78 Å². The molecule has 15 heteroatoms. The number of aliphatic carboxylic acids is 1. The van der Waals surface area contributed by atoms with E-state index in [0.29, 0.717) is 78.0 Å². The van der Waals surface area contributed by atoms with E-state index in [9.17, 15) is 24.0 Å². The zero-order valence-electron chi connectivity index (χ0n) is 36.2. The summed E-state index contributed by atoms with van der Waals surface area (Å²) in [5.41, 5.74) is 15.7. The SMILES string of the molecule is C=CC1=C(C)c2cc3nc(cc4[nH]c(cc5[nH]c(cc1n2)c(C)c5CCC(=O)NCCCC[C@H](N)C(=O)O)c(CCC(=O)OC)c4C)[C@@]1(C)C3=CC=C(C(=O)OC)[C@H]1C(=O)OC. The maximum Gasteiger partial charge on any atom is 0.334 e. The fourth-order valence-electron chi connectivity index (χ4n) is 8.62. The Labute approximate surface area is 359 Å². The van der Waals surface area contributed by atoms with Gasteiger partial charge in [-0.3, -0.25) is 24.2 Å². The molecule has 2 aliphatic heterocycles. The van der Waals surface area contributed by atoms with Crippen molar-refractivity contribution in [3.63, 3.8) is 0 Å². The maximum atomic E-state index is 13.8. The molecule has 0 radical (unpaired) electrons. The summed E-state index contributed by atoms with van der Waals surface area (Å²) in [7, 11) is 3.89. The summed E-state index contributed by atoms with van der Waals surface area (Å²) >= 11 is 0. The molecule has 5 heterocycles. The van der Waals surface area contributed by atoms with Crippen molar-refractivity contribution < 1.29 is 43.3 Å². The fraction of sp³-hybridized carbons (Fsp3) is 0.383. The number of hydrogen-bond acceptors (Lipinski definition) is 11. The van der Waals surface area contributed by atoms with Crippen LogP contribution in [-0.2, 0) is 56.4 Å². The minimum atomic E-state index is -1.19. The Morgan fingerprint density at radius 1 is 0.855 bits per heavy atom. The average molecular weight is 847 g/mol. The van der Waals surface area contributed by atoms with Crippen LogP contribution < -0.4 is 11.1 Å². The molecular weight excluding hydrogens is 793 g/mol. The van der Waals surface area contributed by atoms with Crippen molar-refractivity contribution >= 4 is 68.6 Å². The van der Waals surface area contributed by atoms with Gasteiger partial charge in [0.25, 0.3) is 0 Å². The molecule has 0 saturated carbocycles. The topological polar surface area (TPSA) is 229 Å². The van der Waals surface area contributed by atoms with E-state index in [2.05, 4.69) is 21.9 Å². The van der Waals surface area contributed by atoms with E-state index in [1.165, 1.54) is 21.3 Å². The molecule has 1 aliphatic carbocycles. The van der Waals surface area contributed by atoms with Crippen LogP contribution in [0.4, 0.5) is 0 Å². The standard InChI is InChI=1S/C47H54N6O9/c1-9-27-24(2)34-21-39-31-16-13-30(45(58)61-7)43(46(59)62-8)47(31,5)40(53-39)23-35-26(4)29(15-18-42(55)60-6)38(52-35)22-37-28(25(3)33(51-37)20-36(27)50-34)14-17-41(54)49-19-11-10-12-32(48)44(56)57/h9,13,16,20-23,32,43,51-52H,1,10-12,14-15,17-19,48H2,2-8H3,(H,49,54)(H,56,57)/t32-,43-,47+/m0/s1. The number of unbranched alkanes of at least 4 members (excludes halogenated alkanes) is 1. The molecule has 1 amide bonds. The number of carbonyl (C=O) groups is 5. The lowest BCUT2D eigenvalue weighted by molar-refractivity contribution is -0.149. The van der Waals surface area contributed by atoms with E-state index in [1.807, 2.05) is 52.0 Å². The predicted molar refractivity (Wildman–Crippen MR) is 235 cm³/mol. The van der Waals surface area contributed by atoms with Crippen molar-refractivity contribution in [2.45, 2.75) is 84.1 Å². The van der Waals surface area contributed by atoms with Crippen molar-refractivity contribution in [3.8, 4) is 0 Å². The van der Waals surface area contributed by atoms with E-state index in [0.717, 1.165) is 44.4 Å². The summed E-state index contributed by atoms with van der Waals surface area (Å²) in [6, 6.07) is 6.75. The van der Waals surface area contributed by atoms with Crippen LogP contribution in [0.5, 0.6) is 0 Å². The van der Waals surface area contributed by atoms with Crippen LogP contribution in [-0.4, -0.2) is 88.7 Å².